The number of aromatic nitrogens is 2. The van der Waals surface area contributed by atoms with Crippen molar-refractivity contribution in [1.82, 2.24) is 15.5 Å². The number of halogens is 1. The Kier molecular flexibility index (Phi) is 2.31. The predicted octanol–water partition coefficient (Wildman–Crippen LogP) is 0.258. The van der Waals surface area contributed by atoms with E-state index >= 15 is 0 Å². The molecule has 0 saturated heterocycles. The molecule has 0 bridgehead atoms. The lowest BCUT2D eigenvalue weighted by Gasteiger charge is -1.93. The zero-order valence-corrected chi connectivity index (χ0v) is 6.26. The first kappa shape index (κ1) is 5.49. The lowest BCUT2D eigenvalue weighted by Crippen LogP contribution is -2.19. The van der Waals surface area contributed by atoms with Gasteiger partial charge in [0.1, 0.15) is 0 Å². The molecule has 0 radical (unpaired) electrons. The molecule has 11 heavy (non-hydrogen) atoms. The molecular weight excluding hydrogens is 166 g/mol. The van der Waals surface area contributed by atoms with E-state index < -0.39 is 12.9 Å². The Labute approximate surface area is 74.6 Å². The lowest BCUT2D eigenvalue weighted by atomic mass is 10.4. The number of carbonyl (C=O) groups is 1. The number of nitrogens with one attached hydrogen (secondary N) is 1. The Bertz CT molecular complexity index is 303. The van der Waals surface area contributed by atoms with Crippen molar-refractivity contribution in [3.8, 4) is 0 Å². The van der Waals surface area contributed by atoms with Crippen molar-refractivity contribution in [1.29, 1.82) is 0 Å². The van der Waals surface area contributed by atoms with Crippen LogP contribution in [0.25, 0.3) is 0 Å². The Morgan fingerprint density at radius 2 is 2.64 bits per heavy atom. The molecule has 0 aliphatic rings. The van der Waals surface area contributed by atoms with Gasteiger partial charge in [0.25, 0.3) is 5.91 Å². The average Bonchev–Trinajstić information content (AvgIpc) is 2.03. The van der Waals surface area contributed by atoms with Gasteiger partial charge >= 0.3 is 0 Å². The molecule has 1 heterocycles. The third kappa shape index (κ3) is 2.51. The van der Waals surface area contributed by atoms with Crippen LogP contribution in [-0.2, 0) is 0 Å². The third-order valence-corrected chi connectivity index (χ3v) is 0.918. The minimum Gasteiger partial charge on any atom is -0.354 e. The molecule has 1 amide bonds. The molecule has 0 atom stereocenters. The summed E-state index contributed by atoms with van der Waals surface area (Å²) in [5.74, 6) is -0.756. The zero-order valence-electron chi connectivity index (χ0n) is 8.44. The lowest BCUT2D eigenvalue weighted by molar-refractivity contribution is 0.0957. The van der Waals surface area contributed by atoms with Crippen molar-refractivity contribution >= 4 is 18.3 Å². The van der Waals surface area contributed by atoms with Crippen molar-refractivity contribution in [2.45, 2.75) is 0 Å². The fraction of sp³-hybridized carbons (Fsp3) is 0.167. The molecule has 1 aromatic heterocycles. The molecule has 0 aliphatic carbocycles. The maximum atomic E-state index is 11.1. The molecule has 1 rings (SSSR count). The first-order chi connectivity index (χ1) is 5.99. The van der Waals surface area contributed by atoms with Gasteiger partial charge in [-0.2, -0.15) is 5.10 Å². The molecule has 4 nitrogen and oxygen atoms in total. The minimum atomic E-state index is -2.49. The number of carbonyl (C=O) groups excluding carboxylic acids is 1. The van der Waals surface area contributed by atoms with Crippen LogP contribution in [0.15, 0.2) is 18.3 Å². The van der Waals surface area contributed by atoms with E-state index in [1.54, 1.807) is 5.32 Å². The SMILES string of the molecule is Cl.[2H]C([2H])([2H])NC(=O)c1cccnn1. The second kappa shape index (κ2) is 4.62. The van der Waals surface area contributed by atoms with Gasteiger partial charge in [0.2, 0.25) is 0 Å². The molecule has 0 spiro atoms. The van der Waals surface area contributed by atoms with Crippen LogP contribution in [0, 0.1) is 0 Å². The summed E-state index contributed by atoms with van der Waals surface area (Å²) in [5.41, 5.74) is -0.0152. The van der Waals surface area contributed by atoms with Crippen LogP contribution < -0.4 is 5.32 Å². The Morgan fingerprint density at radius 1 is 1.82 bits per heavy atom. The number of hydrogen-bond donors (Lipinski definition) is 1. The fourth-order valence-electron chi connectivity index (χ4n) is 0.487. The minimum absolute atomic E-state index is 0. The van der Waals surface area contributed by atoms with Gasteiger partial charge in [0, 0.05) is 17.3 Å². The highest BCUT2D eigenvalue weighted by molar-refractivity contribution is 5.91. The molecule has 5 heteroatoms. The molecule has 0 fully saturated rings. The van der Waals surface area contributed by atoms with Crippen molar-refractivity contribution in [3.05, 3.63) is 24.0 Å². The summed E-state index contributed by atoms with van der Waals surface area (Å²) in [6.45, 7) is -2.49. The number of rotatable bonds is 1. The highest BCUT2D eigenvalue weighted by Gasteiger charge is 2.01. The van der Waals surface area contributed by atoms with E-state index in [4.69, 9.17) is 4.11 Å². The number of nitrogens with zero attached hydrogens (tertiary/aromatic N) is 2. The Morgan fingerprint density at radius 3 is 3.18 bits per heavy atom. The van der Waals surface area contributed by atoms with Gasteiger partial charge in [-0.05, 0) is 12.1 Å². The highest BCUT2D eigenvalue weighted by atomic mass is 35.5. The summed E-state index contributed by atoms with van der Waals surface area (Å²) in [7, 11) is 0. The summed E-state index contributed by atoms with van der Waals surface area (Å²) in [4.78, 5) is 11.1. The van der Waals surface area contributed by atoms with E-state index in [9.17, 15) is 4.79 Å². The third-order valence-electron chi connectivity index (χ3n) is 0.918. The van der Waals surface area contributed by atoms with E-state index in [1.165, 1.54) is 18.3 Å². The Hall–Kier alpha value is -1.16. The van der Waals surface area contributed by atoms with Crippen LogP contribution in [-0.4, -0.2) is 23.1 Å². The first-order valence-corrected chi connectivity index (χ1v) is 2.59. The quantitative estimate of drug-likeness (QED) is 0.668. The largest absolute Gasteiger partial charge is 0.354 e. The monoisotopic (exact) mass is 176 g/mol. The van der Waals surface area contributed by atoms with Gasteiger partial charge in [-0.25, -0.2) is 0 Å². The van der Waals surface area contributed by atoms with Crippen LogP contribution in [0.1, 0.15) is 14.6 Å². The predicted molar refractivity (Wildman–Crippen MR) is 42.7 cm³/mol. The first-order valence-electron chi connectivity index (χ1n) is 4.09. The van der Waals surface area contributed by atoms with Crippen molar-refractivity contribution in [3.63, 3.8) is 0 Å². The molecule has 0 unspecified atom stereocenters. The van der Waals surface area contributed by atoms with Crippen molar-refractivity contribution in [2.24, 2.45) is 0 Å². The highest BCUT2D eigenvalue weighted by Crippen LogP contribution is 1.88. The van der Waals surface area contributed by atoms with Crippen LogP contribution >= 0.6 is 12.4 Å². The maximum absolute atomic E-state index is 11.1. The van der Waals surface area contributed by atoms with E-state index in [1.807, 2.05) is 0 Å². The summed E-state index contributed by atoms with van der Waals surface area (Å²) in [6, 6.07) is 2.88. The van der Waals surface area contributed by atoms with Gasteiger partial charge in [0.05, 0.1) is 0 Å². The van der Waals surface area contributed by atoms with Gasteiger partial charge < -0.3 is 5.32 Å². The van der Waals surface area contributed by atoms with Crippen LogP contribution in [0.4, 0.5) is 0 Å². The number of hydrogen-bond acceptors (Lipinski definition) is 3. The summed E-state index contributed by atoms with van der Waals surface area (Å²) < 4.78 is 20.3. The Balaban J connectivity index is 0.00000169. The standard InChI is InChI=1S/C6H7N3O.ClH/c1-7-6(10)5-3-2-4-8-9-5;/h2-4H,1H3,(H,7,10);1H/i1D3;. The van der Waals surface area contributed by atoms with E-state index in [-0.39, 0.29) is 18.1 Å². The van der Waals surface area contributed by atoms with Gasteiger partial charge in [-0.1, -0.05) is 0 Å². The van der Waals surface area contributed by atoms with E-state index in [0.717, 1.165) is 0 Å². The van der Waals surface area contributed by atoms with E-state index in [2.05, 4.69) is 10.2 Å². The van der Waals surface area contributed by atoms with Crippen molar-refractivity contribution in [2.75, 3.05) is 6.98 Å². The van der Waals surface area contributed by atoms with Crippen LogP contribution in [0.5, 0.6) is 0 Å². The zero-order chi connectivity index (χ0) is 9.90. The summed E-state index contributed by atoms with van der Waals surface area (Å²) in [5, 5.41) is 8.69. The van der Waals surface area contributed by atoms with Crippen LogP contribution in [0.2, 0.25) is 0 Å². The maximum Gasteiger partial charge on any atom is 0.271 e. The fourth-order valence-corrected chi connectivity index (χ4v) is 0.487. The topological polar surface area (TPSA) is 54.9 Å². The smallest absolute Gasteiger partial charge is 0.271 e. The van der Waals surface area contributed by atoms with Gasteiger partial charge in [-0.3, -0.25) is 4.79 Å². The molecule has 0 aromatic carbocycles. The molecule has 60 valence electrons. The second-order valence-corrected chi connectivity index (χ2v) is 1.56. The second-order valence-electron chi connectivity index (χ2n) is 1.56. The van der Waals surface area contributed by atoms with E-state index in [0.29, 0.717) is 0 Å². The molecule has 1 N–H and O–H groups in total. The molecular formula is C6H8ClN3O. The van der Waals surface area contributed by atoms with Gasteiger partial charge in [-0.15, -0.1) is 17.5 Å². The van der Waals surface area contributed by atoms with Gasteiger partial charge in [0.15, 0.2) is 5.69 Å². The molecule has 0 aliphatic heterocycles. The normalized spacial score (nSPS) is 13.3. The molecule has 1 aromatic rings. The number of amides is 1. The summed E-state index contributed by atoms with van der Waals surface area (Å²) >= 11 is 0. The average molecular weight is 177 g/mol. The summed E-state index contributed by atoms with van der Waals surface area (Å²) in [6.07, 6.45) is 1.39. The van der Waals surface area contributed by atoms with Crippen molar-refractivity contribution < 1.29 is 8.91 Å². The van der Waals surface area contributed by atoms with Crippen LogP contribution in [0.3, 0.4) is 0 Å². The molecule has 0 saturated carbocycles.